The molecule has 0 bridgehead atoms. The van der Waals surface area contributed by atoms with Crippen LogP contribution in [0.3, 0.4) is 0 Å². The van der Waals surface area contributed by atoms with Crippen LogP contribution in [-0.2, 0) is 4.79 Å². The Labute approximate surface area is 70.2 Å². The molecule has 0 unspecified atom stereocenters. The molecule has 0 N–H and O–H groups in total. The molecule has 11 heavy (non-hydrogen) atoms. The van der Waals surface area contributed by atoms with E-state index in [9.17, 15) is 4.79 Å². The molecule has 0 aliphatic heterocycles. The molecule has 0 saturated carbocycles. The van der Waals surface area contributed by atoms with Gasteiger partial charge in [0.1, 0.15) is 8.07 Å². The summed E-state index contributed by atoms with van der Waals surface area (Å²) in [7, 11) is -1.37. The fourth-order valence-corrected chi connectivity index (χ4v) is 0.965. The first-order chi connectivity index (χ1) is 4.95. The summed E-state index contributed by atoms with van der Waals surface area (Å²) in [5, 5.41) is 0. The molecule has 0 amide bonds. The Balaban J connectivity index is 3.98. The van der Waals surface area contributed by atoms with Gasteiger partial charge in [-0.05, 0) is 19.3 Å². The second-order valence-electron chi connectivity index (χ2n) is 3.46. The molecule has 2 heteroatoms. The molecule has 0 heterocycles. The fourth-order valence-electron chi connectivity index (χ4n) is 0.451. The van der Waals surface area contributed by atoms with Gasteiger partial charge in [-0.15, -0.1) is 5.54 Å². The molecule has 0 aromatic rings. The smallest absolute Gasteiger partial charge is 0.204 e. The highest BCUT2D eigenvalue weighted by Gasteiger charge is 2.07. The molecule has 0 aliphatic carbocycles. The van der Waals surface area contributed by atoms with Crippen molar-refractivity contribution in [3.8, 4) is 11.5 Å². The SMILES string of the molecule is [CH]CCC(=O)C#C[Si](C)(C)C. The predicted molar refractivity (Wildman–Crippen MR) is 49.7 cm³/mol. The molecule has 0 atom stereocenters. The number of Topliss-reactive ketones (excluding diaryl/α,β-unsaturated/α-hetero) is 1. The first-order valence-electron chi connectivity index (χ1n) is 3.72. The Bertz CT molecular complexity index is 190. The second-order valence-corrected chi connectivity index (χ2v) is 8.21. The summed E-state index contributed by atoms with van der Waals surface area (Å²) >= 11 is 0. The number of hydrogen-bond donors (Lipinski definition) is 0. The maximum atomic E-state index is 10.9. The van der Waals surface area contributed by atoms with Gasteiger partial charge < -0.3 is 0 Å². The Kier molecular flexibility index (Phi) is 4.13. The van der Waals surface area contributed by atoms with E-state index < -0.39 is 8.07 Å². The molecule has 0 rings (SSSR count). The Morgan fingerprint density at radius 2 is 2.00 bits per heavy atom. The van der Waals surface area contributed by atoms with E-state index in [2.05, 4.69) is 31.1 Å². The van der Waals surface area contributed by atoms with Crippen LogP contribution in [0.4, 0.5) is 0 Å². The molecule has 0 aliphatic rings. The molecule has 0 fully saturated rings. The van der Waals surface area contributed by atoms with E-state index in [0.29, 0.717) is 12.8 Å². The minimum Gasteiger partial charge on any atom is -0.285 e. The Hall–Kier alpha value is -0.553. The van der Waals surface area contributed by atoms with E-state index in [-0.39, 0.29) is 5.78 Å². The van der Waals surface area contributed by atoms with Gasteiger partial charge in [-0.2, -0.15) is 0 Å². The zero-order valence-corrected chi connectivity index (χ0v) is 8.40. The van der Waals surface area contributed by atoms with Crippen LogP contribution in [-0.4, -0.2) is 13.9 Å². The number of hydrogen-bond acceptors (Lipinski definition) is 1. The standard InChI is InChI=1S/C9H14OSi/c1-5-6-9(10)7-8-11(2,3)4/h1H,5-6H2,2-4H3. The van der Waals surface area contributed by atoms with E-state index in [4.69, 9.17) is 6.92 Å². The summed E-state index contributed by atoms with van der Waals surface area (Å²) in [6.07, 6.45) is 0.788. The Morgan fingerprint density at radius 1 is 1.45 bits per heavy atom. The van der Waals surface area contributed by atoms with E-state index in [1.54, 1.807) is 0 Å². The van der Waals surface area contributed by atoms with Crippen molar-refractivity contribution in [3.63, 3.8) is 0 Å². The van der Waals surface area contributed by atoms with Gasteiger partial charge in [0, 0.05) is 6.42 Å². The van der Waals surface area contributed by atoms with Crippen molar-refractivity contribution in [2.45, 2.75) is 32.5 Å². The van der Waals surface area contributed by atoms with Crippen molar-refractivity contribution < 1.29 is 4.79 Å². The van der Waals surface area contributed by atoms with Crippen LogP contribution in [0.5, 0.6) is 0 Å². The third kappa shape index (κ3) is 7.34. The minimum atomic E-state index is -1.37. The largest absolute Gasteiger partial charge is 0.285 e. The van der Waals surface area contributed by atoms with Crippen LogP contribution in [0.1, 0.15) is 12.8 Å². The maximum Gasteiger partial charge on any atom is 0.204 e. The zero-order chi connectivity index (χ0) is 8.91. The van der Waals surface area contributed by atoms with Gasteiger partial charge in [0.2, 0.25) is 5.78 Å². The summed E-state index contributed by atoms with van der Waals surface area (Å²) in [6.45, 7) is 11.5. The first kappa shape index (κ1) is 10.4. The third-order valence-corrected chi connectivity index (χ3v) is 1.82. The zero-order valence-electron chi connectivity index (χ0n) is 7.40. The summed E-state index contributed by atoms with van der Waals surface area (Å²) in [6, 6.07) is 0. The lowest BCUT2D eigenvalue weighted by atomic mass is 10.2. The molecule has 0 aromatic heterocycles. The van der Waals surface area contributed by atoms with Crippen molar-refractivity contribution in [1.82, 2.24) is 0 Å². The van der Waals surface area contributed by atoms with Crippen LogP contribution >= 0.6 is 0 Å². The average molecular weight is 166 g/mol. The van der Waals surface area contributed by atoms with Crippen molar-refractivity contribution in [3.05, 3.63) is 6.92 Å². The molecule has 0 spiro atoms. The van der Waals surface area contributed by atoms with Gasteiger partial charge >= 0.3 is 0 Å². The van der Waals surface area contributed by atoms with Gasteiger partial charge in [-0.25, -0.2) is 0 Å². The van der Waals surface area contributed by atoms with E-state index in [1.165, 1.54) is 0 Å². The third-order valence-electron chi connectivity index (χ3n) is 0.948. The van der Waals surface area contributed by atoms with Gasteiger partial charge in [-0.3, -0.25) is 4.79 Å². The monoisotopic (exact) mass is 166 g/mol. The highest BCUT2D eigenvalue weighted by Crippen LogP contribution is 1.96. The summed E-state index contributed by atoms with van der Waals surface area (Å²) in [5.41, 5.74) is 2.99. The topological polar surface area (TPSA) is 17.1 Å². The number of carbonyl (C=O) groups is 1. The summed E-state index contributed by atoms with van der Waals surface area (Å²) in [5.74, 6) is 2.58. The van der Waals surface area contributed by atoms with Crippen molar-refractivity contribution in [2.24, 2.45) is 0 Å². The van der Waals surface area contributed by atoms with Gasteiger partial charge in [0.15, 0.2) is 0 Å². The normalized spacial score (nSPS) is 10.2. The minimum absolute atomic E-state index is 0.0325. The molecular weight excluding hydrogens is 152 g/mol. The van der Waals surface area contributed by atoms with Crippen LogP contribution < -0.4 is 0 Å². The Morgan fingerprint density at radius 3 is 2.36 bits per heavy atom. The predicted octanol–water partition coefficient (Wildman–Crippen LogP) is 1.93. The average Bonchev–Trinajstić information content (AvgIpc) is 1.83. The van der Waals surface area contributed by atoms with Crippen LogP contribution in [0.2, 0.25) is 19.6 Å². The van der Waals surface area contributed by atoms with Gasteiger partial charge in [0.05, 0.1) is 0 Å². The lowest BCUT2D eigenvalue weighted by Crippen LogP contribution is -2.17. The highest BCUT2D eigenvalue weighted by molar-refractivity contribution is 6.84. The van der Waals surface area contributed by atoms with Crippen molar-refractivity contribution >= 4 is 13.9 Å². The maximum absolute atomic E-state index is 10.9. The van der Waals surface area contributed by atoms with E-state index in [0.717, 1.165) is 0 Å². The first-order valence-corrected chi connectivity index (χ1v) is 7.22. The fraction of sp³-hybridized carbons (Fsp3) is 0.556. The van der Waals surface area contributed by atoms with Crippen LogP contribution in [0.15, 0.2) is 0 Å². The van der Waals surface area contributed by atoms with E-state index >= 15 is 0 Å². The van der Waals surface area contributed by atoms with Crippen molar-refractivity contribution in [2.75, 3.05) is 0 Å². The number of carbonyl (C=O) groups excluding carboxylic acids is 1. The lowest BCUT2D eigenvalue weighted by molar-refractivity contribution is -0.113. The molecule has 60 valence electrons. The molecule has 2 radical (unpaired) electrons. The highest BCUT2D eigenvalue weighted by atomic mass is 28.3. The summed E-state index contributed by atoms with van der Waals surface area (Å²) in [4.78, 5) is 10.9. The lowest BCUT2D eigenvalue weighted by Gasteiger charge is -2.02. The molecule has 0 saturated heterocycles. The van der Waals surface area contributed by atoms with Gasteiger partial charge in [-0.1, -0.05) is 19.6 Å². The number of rotatable bonds is 2. The molecular formula is C9H14OSi. The van der Waals surface area contributed by atoms with Gasteiger partial charge in [0.25, 0.3) is 0 Å². The summed E-state index contributed by atoms with van der Waals surface area (Å²) < 4.78 is 0. The quantitative estimate of drug-likeness (QED) is 0.452. The second kappa shape index (κ2) is 4.35. The number of ketones is 1. The molecule has 1 nitrogen and oxygen atoms in total. The van der Waals surface area contributed by atoms with E-state index in [1.807, 2.05) is 0 Å². The molecule has 0 aromatic carbocycles. The van der Waals surface area contributed by atoms with Crippen LogP contribution in [0, 0.1) is 18.4 Å². The van der Waals surface area contributed by atoms with Crippen LogP contribution in [0.25, 0.3) is 0 Å². The van der Waals surface area contributed by atoms with Crippen molar-refractivity contribution in [1.29, 1.82) is 0 Å².